The lowest BCUT2D eigenvalue weighted by Crippen LogP contribution is -2.26. The molecule has 0 bridgehead atoms. The largest absolute Gasteiger partial charge is 0.457 e. The van der Waals surface area contributed by atoms with Crippen LogP contribution in [0.5, 0.6) is 0 Å². The molecular formula is C22H13ClF3NO2S2. The third-order valence-electron chi connectivity index (χ3n) is 4.50. The smallest absolute Gasteiger partial charge is 0.416 e. The van der Waals surface area contributed by atoms with Gasteiger partial charge in [0.25, 0.3) is 5.24 Å². The van der Waals surface area contributed by atoms with Gasteiger partial charge in [0.2, 0.25) is 0 Å². The van der Waals surface area contributed by atoms with Gasteiger partial charge in [-0.1, -0.05) is 48.1 Å². The van der Waals surface area contributed by atoms with Crippen molar-refractivity contribution < 1.29 is 22.4 Å². The fraction of sp³-hybridized carbons (Fsp3) is 0.0909. The Hall–Kier alpha value is -2.55. The minimum atomic E-state index is -4.44. The fourth-order valence-corrected chi connectivity index (χ4v) is 4.31. The summed E-state index contributed by atoms with van der Waals surface area (Å²) in [6, 6.07) is 15.2. The first-order valence-electron chi connectivity index (χ1n) is 8.98. The van der Waals surface area contributed by atoms with Gasteiger partial charge in [0.15, 0.2) is 0 Å². The number of amides is 1. The van der Waals surface area contributed by atoms with Crippen LogP contribution in [0.4, 0.5) is 18.0 Å². The third-order valence-corrected chi connectivity index (χ3v) is 6.25. The Kier molecular flexibility index (Phi) is 5.96. The van der Waals surface area contributed by atoms with Crippen LogP contribution < -0.4 is 0 Å². The van der Waals surface area contributed by atoms with Crippen molar-refractivity contribution in [3.63, 3.8) is 0 Å². The minimum Gasteiger partial charge on any atom is -0.457 e. The highest BCUT2D eigenvalue weighted by Crippen LogP contribution is 2.36. The van der Waals surface area contributed by atoms with Gasteiger partial charge in [-0.2, -0.15) is 13.2 Å². The summed E-state index contributed by atoms with van der Waals surface area (Å²) in [5.74, 6) is 0.676. The molecule has 3 aromatic rings. The number of hydrogen-bond acceptors (Lipinski definition) is 4. The van der Waals surface area contributed by atoms with Crippen molar-refractivity contribution in [2.45, 2.75) is 12.7 Å². The predicted molar refractivity (Wildman–Crippen MR) is 120 cm³/mol. The van der Waals surface area contributed by atoms with E-state index in [1.54, 1.807) is 30.3 Å². The second-order valence-electron chi connectivity index (χ2n) is 6.67. The lowest BCUT2D eigenvalue weighted by atomic mass is 10.1. The maximum absolute atomic E-state index is 13.0. The van der Waals surface area contributed by atoms with Gasteiger partial charge in [0.1, 0.15) is 16.5 Å². The van der Waals surface area contributed by atoms with Crippen molar-refractivity contribution in [3.05, 3.63) is 87.5 Å². The van der Waals surface area contributed by atoms with Crippen LogP contribution in [0.3, 0.4) is 0 Å². The third kappa shape index (κ3) is 4.87. The molecule has 0 aliphatic carbocycles. The van der Waals surface area contributed by atoms with Gasteiger partial charge in [-0.05, 0) is 59.8 Å². The van der Waals surface area contributed by atoms with Crippen molar-refractivity contribution in [2.75, 3.05) is 0 Å². The van der Waals surface area contributed by atoms with Crippen molar-refractivity contribution >= 4 is 51.9 Å². The second-order valence-corrected chi connectivity index (χ2v) is 8.49. The van der Waals surface area contributed by atoms with E-state index in [9.17, 15) is 18.0 Å². The maximum atomic E-state index is 13.0. The average molecular weight is 480 g/mol. The summed E-state index contributed by atoms with van der Waals surface area (Å²) < 4.78 is 44.5. The summed E-state index contributed by atoms with van der Waals surface area (Å²) >= 11 is 12.3. The van der Waals surface area contributed by atoms with Crippen molar-refractivity contribution in [1.82, 2.24) is 4.90 Å². The number of halogens is 4. The first-order chi connectivity index (χ1) is 14.7. The molecule has 0 atom stereocenters. The zero-order valence-corrected chi connectivity index (χ0v) is 18.0. The molecule has 1 fully saturated rings. The molecule has 0 saturated carbocycles. The molecule has 1 aliphatic heterocycles. The molecule has 1 aromatic heterocycles. The molecule has 1 saturated heterocycles. The highest BCUT2D eigenvalue weighted by atomic mass is 35.5. The van der Waals surface area contributed by atoms with Crippen LogP contribution in [0.15, 0.2) is 70.0 Å². The number of hydrogen-bond donors (Lipinski definition) is 0. The number of furan rings is 1. The molecule has 0 radical (unpaired) electrons. The highest BCUT2D eigenvalue weighted by molar-refractivity contribution is 8.19. The van der Waals surface area contributed by atoms with E-state index >= 15 is 0 Å². The van der Waals surface area contributed by atoms with E-state index in [-0.39, 0.29) is 11.0 Å². The van der Waals surface area contributed by atoms with Gasteiger partial charge in [-0.25, -0.2) is 0 Å². The Balaban J connectivity index is 1.53. The SMILES string of the molecule is O=C1SC(=Cc2ccc(-c3cccc(C(F)(F)F)c3)o2)C(=S)N1Cc1ccc(Cl)cc1. The summed E-state index contributed by atoms with van der Waals surface area (Å²) in [4.78, 5) is 14.8. The number of carbonyl (C=O) groups is 1. The maximum Gasteiger partial charge on any atom is 0.416 e. The normalized spacial score (nSPS) is 15.9. The lowest BCUT2D eigenvalue weighted by Gasteiger charge is -2.14. The van der Waals surface area contributed by atoms with E-state index in [1.807, 2.05) is 12.1 Å². The molecule has 2 heterocycles. The molecule has 1 aliphatic rings. The number of thiocarbonyl (C=S) groups is 1. The molecule has 0 unspecified atom stereocenters. The number of rotatable bonds is 4. The van der Waals surface area contributed by atoms with Crippen LogP contribution in [0.1, 0.15) is 16.9 Å². The number of carbonyl (C=O) groups excluding carboxylic acids is 1. The second kappa shape index (κ2) is 8.53. The Bertz CT molecular complexity index is 1190. The summed E-state index contributed by atoms with van der Waals surface area (Å²) in [5, 5.41) is 0.388. The topological polar surface area (TPSA) is 33.5 Å². The van der Waals surface area contributed by atoms with Crippen LogP contribution in [0.2, 0.25) is 5.02 Å². The molecule has 158 valence electrons. The molecule has 4 rings (SSSR count). The molecular weight excluding hydrogens is 467 g/mol. The summed E-state index contributed by atoms with van der Waals surface area (Å²) in [5.41, 5.74) is 0.436. The minimum absolute atomic E-state index is 0.212. The highest BCUT2D eigenvalue weighted by Gasteiger charge is 2.32. The van der Waals surface area contributed by atoms with Gasteiger partial charge < -0.3 is 4.42 Å². The molecule has 2 aromatic carbocycles. The number of benzene rings is 2. The first kappa shape index (κ1) is 21.7. The van der Waals surface area contributed by atoms with Gasteiger partial charge >= 0.3 is 6.18 Å². The summed E-state index contributed by atoms with van der Waals surface area (Å²) in [6.45, 7) is 0.312. The van der Waals surface area contributed by atoms with Gasteiger partial charge in [0, 0.05) is 10.6 Å². The standard InChI is InChI=1S/C22H13ClF3NO2S2/c23-16-6-4-13(5-7-16)12-27-20(30)19(31-21(27)28)11-17-8-9-18(29-17)14-2-1-3-15(10-14)22(24,25)26/h1-11H,12H2. The van der Waals surface area contributed by atoms with Gasteiger partial charge in [-0.15, -0.1) is 0 Å². The Labute approximate surface area is 190 Å². The zero-order valence-electron chi connectivity index (χ0n) is 15.7. The van der Waals surface area contributed by atoms with E-state index in [1.165, 1.54) is 17.0 Å². The van der Waals surface area contributed by atoms with Crippen LogP contribution in [-0.2, 0) is 12.7 Å². The molecule has 1 amide bonds. The predicted octanol–water partition coefficient (Wildman–Crippen LogP) is 7.66. The quantitative estimate of drug-likeness (QED) is 0.284. The molecule has 31 heavy (non-hydrogen) atoms. The molecule has 0 spiro atoms. The molecule has 9 heteroatoms. The van der Waals surface area contributed by atoms with Crippen LogP contribution in [-0.4, -0.2) is 15.1 Å². The Morgan fingerprint density at radius 3 is 2.55 bits per heavy atom. The fourth-order valence-electron chi connectivity index (χ4n) is 2.97. The van der Waals surface area contributed by atoms with Gasteiger partial charge in [-0.3, -0.25) is 9.69 Å². The van der Waals surface area contributed by atoms with E-state index in [0.29, 0.717) is 32.8 Å². The summed E-state index contributed by atoms with van der Waals surface area (Å²) in [7, 11) is 0. The zero-order chi connectivity index (χ0) is 22.2. The van der Waals surface area contributed by atoms with Crippen LogP contribution >= 0.6 is 35.6 Å². The van der Waals surface area contributed by atoms with Crippen molar-refractivity contribution in [1.29, 1.82) is 0 Å². The first-order valence-corrected chi connectivity index (χ1v) is 10.6. The number of nitrogens with zero attached hydrogens (tertiary/aromatic N) is 1. The van der Waals surface area contributed by atoms with Crippen LogP contribution in [0, 0.1) is 0 Å². The van der Waals surface area contributed by atoms with Gasteiger partial charge in [0.05, 0.1) is 17.0 Å². The Morgan fingerprint density at radius 1 is 1.10 bits per heavy atom. The van der Waals surface area contributed by atoms with E-state index in [2.05, 4.69) is 0 Å². The lowest BCUT2D eigenvalue weighted by molar-refractivity contribution is -0.137. The van der Waals surface area contributed by atoms with Crippen molar-refractivity contribution in [2.24, 2.45) is 0 Å². The van der Waals surface area contributed by atoms with E-state index in [0.717, 1.165) is 29.5 Å². The monoisotopic (exact) mass is 479 g/mol. The molecule has 3 nitrogen and oxygen atoms in total. The average Bonchev–Trinajstić information content (AvgIpc) is 3.29. The van der Waals surface area contributed by atoms with E-state index < -0.39 is 11.7 Å². The number of alkyl halides is 3. The van der Waals surface area contributed by atoms with Crippen molar-refractivity contribution in [3.8, 4) is 11.3 Å². The Morgan fingerprint density at radius 2 is 1.84 bits per heavy atom. The summed E-state index contributed by atoms with van der Waals surface area (Å²) in [6.07, 6.45) is -2.82. The van der Waals surface area contributed by atoms with E-state index in [4.69, 9.17) is 28.2 Å². The molecule has 0 N–H and O–H groups in total. The number of thioether (sulfide) groups is 1. The van der Waals surface area contributed by atoms with Crippen LogP contribution in [0.25, 0.3) is 17.4 Å².